The summed E-state index contributed by atoms with van der Waals surface area (Å²) in [5.41, 5.74) is 4.56. The van der Waals surface area contributed by atoms with Gasteiger partial charge in [0.25, 0.3) is 10.0 Å². The summed E-state index contributed by atoms with van der Waals surface area (Å²) in [5, 5.41) is 4.37. The molecule has 2 aromatic carbocycles. The summed E-state index contributed by atoms with van der Waals surface area (Å²) in [6, 6.07) is 11.4. The number of hydrogen-bond acceptors (Lipinski definition) is 4. The van der Waals surface area contributed by atoms with E-state index < -0.39 is 10.0 Å². The lowest BCUT2D eigenvalue weighted by Crippen LogP contribution is -2.21. The van der Waals surface area contributed by atoms with Crippen LogP contribution in [0.2, 0.25) is 10.0 Å². The second-order valence-electron chi connectivity index (χ2n) is 7.70. The van der Waals surface area contributed by atoms with E-state index in [9.17, 15) is 8.42 Å². The molecule has 0 fully saturated rings. The van der Waals surface area contributed by atoms with Crippen molar-refractivity contribution in [2.24, 2.45) is 7.05 Å². The van der Waals surface area contributed by atoms with E-state index in [0.29, 0.717) is 17.1 Å². The van der Waals surface area contributed by atoms with Crippen LogP contribution in [-0.4, -0.2) is 36.2 Å². The van der Waals surface area contributed by atoms with Crippen molar-refractivity contribution >= 4 is 38.9 Å². The summed E-state index contributed by atoms with van der Waals surface area (Å²) in [4.78, 5) is 2.19. The molecule has 0 saturated heterocycles. The van der Waals surface area contributed by atoms with Crippen LogP contribution >= 0.6 is 23.2 Å². The lowest BCUT2D eigenvalue weighted by atomic mass is 10.0. The number of nitrogens with zero attached hydrogens (tertiary/aromatic N) is 3. The summed E-state index contributed by atoms with van der Waals surface area (Å²) in [7, 11) is -2.25. The molecular weight excluding hydrogens is 467 g/mol. The zero-order chi connectivity index (χ0) is 23.6. The number of anilines is 1. The van der Waals surface area contributed by atoms with Gasteiger partial charge in [-0.25, -0.2) is 8.42 Å². The van der Waals surface area contributed by atoms with Crippen molar-refractivity contribution in [3.8, 4) is 11.1 Å². The van der Waals surface area contributed by atoms with Crippen molar-refractivity contribution in [1.82, 2.24) is 14.7 Å². The summed E-state index contributed by atoms with van der Waals surface area (Å²) in [6.07, 6.45) is 0. The first kappa shape index (κ1) is 24.6. The molecular formula is C23H28Cl2N4O2S. The van der Waals surface area contributed by atoms with E-state index in [-0.39, 0.29) is 14.9 Å². The smallest absolute Gasteiger partial charge is 0.264 e. The standard InChI is InChI=1S/C23H28Cl2N4O2S/c1-6-29(7-2)14-17-8-10-18(11-9-17)19-12-20(24)23(21(25)13-19)32(30,31)27-22-15(3)26-28(5)16(22)4/h8-13,27H,6-7,14H2,1-5H3. The monoisotopic (exact) mass is 494 g/mol. The number of aryl methyl sites for hydroxylation is 2. The van der Waals surface area contributed by atoms with Crippen LogP contribution in [0.4, 0.5) is 5.69 Å². The first-order valence-corrected chi connectivity index (χ1v) is 12.6. The molecule has 32 heavy (non-hydrogen) atoms. The summed E-state index contributed by atoms with van der Waals surface area (Å²) in [6.45, 7) is 10.7. The fourth-order valence-electron chi connectivity index (χ4n) is 3.60. The Balaban J connectivity index is 1.91. The third kappa shape index (κ3) is 5.12. The average molecular weight is 495 g/mol. The molecule has 1 N–H and O–H groups in total. The van der Waals surface area contributed by atoms with Crippen LogP contribution in [0, 0.1) is 13.8 Å². The number of benzene rings is 2. The number of halogens is 2. The lowest BCUT2D eigenvalue weighted by molar-refractivity contribution is 0.296. The topological polar surface area (TPSA) is 67.2 Å². The fourth-order valence-corrected chi connectivity index (χ4v) is 5.99. The van der Waals surface area contributed by atoms with Crippen LogP contribution in [0.1, 0.15) is 30.8 Å². The van der Waals surface area contributed by atoms with Gasteiger partial charge in [-0.2, -0.15) is 5.10 Å². The van der Waals surface area contributed by atoms with Crippen molar-refractivity contribution in [3.63, 3.8) is 0 Å². The molecule has 0 bridgehead atoms. The van der Waals surface area contributed by atoms with E-state index in [0.717, 1.165) is 30.8 Å². The Morgan fingerprint density at radius 1 is 1.00 bits per heavy atom. The van der Waals surface area contributed by atoms with Gasteiger partial charge in [-0.1, -0.05) is 61.3 Å². The van der Waals surface area contributed by atoms with Gasteiger partial charge in [0.1, 0.15) is 4.90 Å². The molecule has 1 heterocycles. The van der Waals surface area contributed by atoms with Gasteiger partial charge >= 0.3 is 0 Å². The van der Waals surface area contributed by atoms with Crippen molar-refractivity contribution in [3.05, 3.63) is 63.4 Å². The molecule has 9 heteroatoms. The Kier molecular flexibility index (Phi) is 7.55. The molecule has 0 saturated carbocycles. The number of rotatable bonds is 8. The molecule has 0 amide bonds. The van der Waals surface area contributed by atoms with E-state index in [2.05, 4.69) is 40.7 Å². The predicted octanol–water partition coefficient (Wildman–Crippen LogP) is 5.65. The number of sulfonamides is 1. The zero-order valence-corrected chi connectivity index (χ0v) is 21.2. The second kappa shape index (κ2) is 9.83. The Bertz CT molecular complexity index is 1190. The van der Waals surface area contributed by atoms with Gasteiger partial charge in [-0.05, 0) is 55.8 Å². The van der Waals surface area contributed by atoms with Crippen molar-refractivity contribution in [1.29, 1.82) is 0 Å². The molecule has 0 unspecified atom stereocenters. The second-order valence-corrected chi connectivity index (χ2v) is 10.1. The Morgan fingerprint density at radius 2 is 1.56 bits per heavy atom. The minimum atomic E-state index is -4.00. The van der Waals surface area contributed by atoms with Crippen molar-refractivity contribution in [2.45, 2.75) is 39.1 Å². The van der Waals surface area contributed by atoms with Crippen LogP contribution in [-0.2, 0) is 23.6 Å². The molecule has 1 aromatic heterocycles. The molecule has 0 aliphatic rings. The Morgan fingerprint density at radius 3 is 2.03 bits per heavy atom. The Labute approximate surface area is 200 Å². The van der Waals surface area contributed by atoms with E-state index in [1.165, 1.54) is 5.56 Å². The van der Waals surface area contributed by atoms with Crippen LogP contribution in [0.5, 0.6) is 0 Å². The number of hydrogen-bond donors (Lipinski definition) is 1. The van der Waals surface area contributed by atoms with Crippen LogP contribution < -0.4 is 4.72 Å². The van der Waals surface area contributed by atoms with Crippen LogP contribution in [0.3, 0.4) is 0 Å². The summed E-state index contributed by atoms with van der Waals surface area (Å²) >= 11 is 12.9. The molecule has 3 rings (SSSR count). The van der Waals surface area contributed by atoms with Gasteiger partial charge < -0.3 is 0 Å². The molecule has 0 spiro atoms. The summed E-state index contributed by atoms with van der Waals surface area (Å²) < 4.78 is 30.4. The molecule has 6 nitrogen and oxygen atoms in total. The molecule has 0 radical (unpaired) electrons. The normalized spacial score (nSPS) is 11.9. The van der Waals surface area contributed by atoms with Crippen molar-refractivity contribution < 1.29 is 8.42 Å². The maximum absolute atomic E-state index is 13.1. The van der Waals surface area contributed by atoms with Gasteiger partial charge in [0.2, 0.25) is 0 Å². The average Bonchev–Trinajstić information content (AvgIpc) is 2.97. The summed E-state index contributed by atoms with van der Waals surface area (Å²) in [5.74, 6) is 0. The van der Waals surface area contributed by atoms with Crippen LogP contribution in [0.15, 0.2) is 41.3 Å². The largest absolute Gasteiger partial charge is 0.300 e. The van der Waals surface area contributed by atoms with Gasteiger partial charge in [0.05, 0.1) is 27.1 Å². The first-order valence-electron chi connectivity index (χ1n) is 10.4. The SMILES string of the molecule is CCN(CC)Cc1ccc(-c2cc(Cl)c(S(=O)(=O)Nc3c(C)nn(C)c3C)c(Cl)c2)cc1. The van der Waals surface area contributed by atoms with Gasteiger partial charge in [-0.15, -0.1) is 0 Å². The van der Waals surface area contributed by atoms with Gasteiger partial charge in [0, 0.05) is 13.6 Å². The van der Waals surface area contributed by atoms with E-state index in [1.54, 1.807) is 37.7 Å². The van der Waals surface area contributed by atoms with Crippen LogP contribution in [0.25, 0.3) is 11.1 Å². The zero-order valence-electron chi connectivity index (χ0n) is 18.9. The molecule has 0 aliphatic carbocycles. The first-order chi connectivity index (χ1) is 15.1. The highest BCUT2D eigenvalue weighted by molar-refractivity contribution is 7.93. The van der Waals surface area contributed by atoms with Gasteiger partial charge in [-0.3, -0.25) is 14.3 Å². The third-order valence-electron chi connectivity index (χ3n) is 5.60. The van der Waals surface area contributed by atoms with E-state index >= 15 is 0 Å². The minimum Gasteiger partial charge on any atom is -0.300 e. The van der Waals surface area contributed by atoms with Gasteiger partial charge in [0.15, 0.2) is 0 Å². The quantitative estimate of drug-likeness (QED) is 0.438. The third-order valence-corrected chi connectivity index (χ3v) is 7.87. The fraction of sp³-hybridized carbons (Fsp3) is 0.348. The highest BCUT2D eigenvalue weighted by Gasteiger charge is 2.25. The van der Waals surface area contributed by atoms with E-state index in [4.69, 9.17) is 23.2 Å². The molecule has 3 aromatic rings. The maximum Gasteiger partial charge on any atom is 0.264 e. The molecule has 0 atom stereocenters. The van der Waals surface area contributed by atoms with E-state index in [1.807, 2.05) is 12.1 Å². The predicted molar refractivity (Wildman–Crippen MR) is 132 cm³/mol. The highest BCUT2D eigenvalue weighted by atomic mass is 35.5. The number of nitrogens with one attached hydrogen (secondary N) is 1. The minimum absolute atomic E-state index is 0.0615. The molecule has 172 valence electrons. The van der Waals surface area contributed by atoms with Crippen molar-refractivity contribution in [2.75, 3.05) is 17.8 Å². The number of aromatic nitrogens is 2. The maximum atomic E-state index is 13.1. The highest BCUT2D eigenvalue weighted by Crippen LogP contribution is 2.36. The lowest BCUT2D eigenvalue weighted by Gasteiger charge is -2.18. The Hall–Kier alpha value is -2.06. The molecule has 0 aliphatic heterocycles.